The van der Waals surface area contributed by atoms with Gasteiger partial charge in [-0.2, -0.15) is 0 Å². The number of nitrogens with one attached hydrogen (secondary N) is 1. The van der Waals surface area contributed by atoms with Crippen molar-refractivity contribution in [2.24, 2.45) is 5.92 Å². The Bertz CT molecular complexity index is 380. The lowest BCUT2D eigenvalue weighted by Crippen LogP contribution is -2.44. The molecule has 1 aliphatic rings. The molecular weight excluding hydrogens is 252 g/mol. The molecule has 1 aromatic rings. The molecule has 2 nitrogen and oxygen atoms in total. The summed E-state index contributed by atoms with van der Waals surface area (Å²) < 4.78 is 0. The van der Waals surface area contributed by atoms with Crippen LogP contribution >= 0.6 is 11.3 Å². The maximum absolute atomic E-state index is 3.74. The van der Waals surface area contributed by atoms with Crippen LogP contribution in [0.5, 0.6) is 0 Å². The van der Waals surface area contributed by atoms with E-state index < -0.39 is 0 Å². The van der Waals surface area contributed by atoms with E-state index in [4.69, 9.17) is 0 Å². The molecule has 1 N–H and O–H groups in total. The summed E-state index contributed by atoms with van der Waals surface area (Å²) in [6, 6.07) is 5.64. The Morgan fingerprint density at radius 1 is 1.21 bits per heavy atom. The molecule has 3 heteroatoms. The highest BCUT2D eigenvalue weighted by Crippen LogP contribution is 2.23. The minimum Gasteiger partial charge on any atom is -0.308 e. The van der Waals surface area contributed by atoms with Gasteiger partial charge in [-0.25, -0.2) is 0 Å². The van der Waals surface area contributed by atoms with E-state index in [-0.39, 0.29) is 0 Å². The van der Waals surface area contributed by atoms with Crippen LogP contribution in [0.25, 0.3) is 0 Å². The lowest BCUT2D eigenvalue weighted by atomic mass is 10.0. The van der Waals surface area contributed by atoms with E-state index in [1.165, 1.54) is 35.7 Å². The fourth-order valence-electron chi connectivity index (χ4n) is 2.94. The summed E-state index contributed by atoms with van der Waals surface area (Å²) in [7, 11) is 0. The second kappa shape index (κ2) is 6.87. The third-order valence-corrected chi connectivity index (χ3v) is 5.38. The van der Waals surface area contributed by atoms with Gasteiger partial charge in [0.25, 0.3) is 0 Å². The highest BCUT2D eigenvalue weighted by atomic mass is 32.1. The second-order valence-corrected chi connectivity index (χ2v) is 7.45. The molecule has 1 fully saturated rings. The molecule has 0 bridgehead atoms. The normalized spacial score (nSPS) is 20.1. The molecular formula is C16H28N2S. The van der Waals surface area contributed by atoms with E-state index in [1.807, 2.05) is 11.3 Å². The average Bonchev–Trinajstić information content (AvgIpc) is 3.00. The van der Waals surface area contributed by atoms with E-state index in [9.17, 15) is 0 Å². The van der Waals surface area contributed by atoms with Crippen LogP contribution < -0.4 is 5.32 Å². The average molecular weight is 280 g/mol. The fraction of sp³-hybridized carbons (Fsp3) is 0.750. The zero-order chi connectivity index (χ0) is 13.8. The van der Waals surface area contributed by atoms with Crippen LogP contribution in [0.3, 0.4) is 0 Å². The molecule has 108 valence electrons. The van der Waals surface area contributed by atoms with Gasteiger partial charge in [0.05, 0.1) is 0 Å². The Labute approximate surface area is 122 Å². The molecule has 1 aliphatic heterocycles. The van der Waals surface area contributed by atoms with Crippen LogP contribution in [0.4, 0.5) is 0 Å². The molecule has 1 aromatic heterocycles. The monoisotopic (exact) mass is 280 g/mol. The Morgan fingerprint density at radius 3 is 2.42 bits per heavy atom. The number of hydrogen-bond donors (Lipinski definition) is 1. The third-order valence-electron chi connectivity index (χ3n) is 4.20. The first-order valence-corrected chi connectivity index (χ1v) is 8.43. The summed E-state index contributed by atoms with van der Waals surface area (Å²) in [6.45, 7) is 12.9. The molecule has 2 atom stereocenters. The van der Waals surface area contributed by atoms with Crippen molar-refractivity contribution in [3.8, 4) is 0 Å². The first-order chi connectivity index (χ1) is 9.08. The van der Waals surface area contributed by atoms with E-state index in [0.29, 0.717) is 12.1 Å². The summed E-state index contributed by atoms with van der Waals surface area (Å²) in [6.07, 6.45) is 2.76. The number of likely N-dealkylation sites (tertiary alicyclic amines) is 1. The molecule has 2 unspecified atom stereocenters. The highest BCUT2D eigenvalue weighted by Gasteiger charge is 2.24. The van der Waals surface area contributed by atoms with Crippen molar-refractivity contribution in [2.75, 3.05) is 19.6 Å². The van der Waals surface area contributed by atoms with Crippen molar-refractivity contribution in [3.63, 3.8) is 0 Å². The van der Waals surface area contributed by atoms with Crippen LogP contribution in [0.1, 0.15) is 49.4 Å². The summed E-state index contributed by atoms with van der Waals surface area (Å²) in [5, 5.41) is 3.74. The lowest BCUT2D eigenvalue weighted by molar-refractivity contribution is 0.183. The molecule has 0 saturated carbocycles. The van der Waals surface area contributed by atoms with Gasteiger partial charge in [-0.1, -0.05) is 13.8 Å². The van der Waals surface area contributed by atoms with Crippen molar-refractivity contribution in [2.45, 2.75) is 52.6 Å². The molecule has 0 aliphatic carbocycles. The Balaban J connectivity index is 1.87. The molecule has 19 heavy (non-hydrogen) atoms. The van der Waals surface area contributed by atoms with E-state index in [1.54, 1.807) is 0 Å². The molecule has 0 aromatic carbocycles. The fourth-order valence-corrected chi connectivity index (χ4v) is 3.85. The van der Waals surface area contributed by atoms with Gasteiger partial charge in [0.1, 0.15) is 0 Å². The molecule has 2 rings (SSSR count). The standard InChI is InChI=1S/C16H28N2S/c1-12(2)15(18-9-5-6-10-18)11-17-14(4)16-8-7-13(3)19-16/h7-8,12,14-15,17H,5-6,9-11H2,1-4H3. The molecule has 2 heterocycles. The zero-order valence-electron chi connectivity index (χ0n) is 12.8. The summed E-state index contributed by atoms with van der Waals surface area (Å²) >= 11 is 1.91. The largest absolute Gasteiger partial charge is 0.308 e. The summed E-state index contributed by atoms with van der Waals surface area (Å²) in [5.74, 6) is 0.725. The van der Waals surface area contributed by atoms with Crippen molar-refractivity contribution in [1.82, 2.24) is 10.2 Å². The molecule has 1 saturated heterocycles. The summed E-state index contributed by atoms with van der Waals surface area (Å²) in [4.78, 5) is 5.54. The molecule has 0 radical (unpaired) electrons. The van der Waals surface area contributed by atoms with E-state index in [0.717, 1.165) is 12.5 Å². The highest BCUT2D eigenvalue weighted by molar-refractivity contribution is 7.12. The first-order valence-electron chi connectivity index (χ1n) is 7.61. The maximum Gasteiger partial charge on any atom is 0.0386 e. The second-order valence-electron chi connectivity index (χ2n) is 6.13. The smallest absolute Gasteiger partial charge is 0.0386 e. The number of nitrogens with zero attached hydrogens (tertiary/aromatic N) is 1. The van der Waals surface area contributed by atoms with Gasteiger partial charge in [0.15, 0.2) is 0 Å². The van der Waals surface area contributed by atoms with Gasteiger partial charge < -0.3 is 5.32 Å². The zero-order valence-corrected chi connectivity index (χ0v) is 13.6. The number of aryl methyl sites for hydroxylation is 1. The quantitative estimate of drug-likeness (QED) is 0.852. The van der Waals surface area contributed by atoms with Crippen LogP contribution in [0.2, 0.25) is 0 Å². The number of thiophene rings is 1. The summed E-state index contributed by atoms with van der Waals surface area (Å²) in [5.41, 5.74) is 0. The predicted molar refractivity (Wildman–Crippen MR) is 84.9 cm³/mol. The first kappa shape index (κ1) is 15.0. The van der Waals surface area contributed by atoms with Crippen LogP contribution in [-0.4, -0.2) is 30.6 Å². The molecule has 0 spiro atoms. The Kier molecular flexibility index (Phi) is 5.43. The lowest BCUT2D eigenvalue weighted by Gasteiger charge is -2.32. The minimum atomic E-state index is 0.475. The van der Waals surface area contributed by atoms with E-state index in [2.05, 4.69) is 50.0 Å². The van der Waals surface area contributed by atoms with Crippen molar-refractivity contribution in [3.05, 3.63) is 21.9 Å². The van der Waals surface area contributed by atoms with Crippen LogP contribution in [0, 0.1) is 12.8 Å². The Hall–Kier alpha value is -0.380. The Morgan fingerprint density at radius 2 is 1.89 bits per heavy atom. The van der Waals surface area contributed by atoms with Crippen molar-refractivity contribution in [1.29, 1.82) is 0 Å². The minimum absolute atomic E-state index is 0.475. The topological polar surface area (TPSA) is 15.3 Å². The van der Waals surface area contributed by atoms with Crippen LogP contribution in [-0.2, 0) is 0 Å². The van der Waals surface area contributed by atoms with Crippen molar-refractivity contribution >= 4 is 11.3 Å². The van der Waals surface area contributed by atoms with Gasteiger partial charge in [-0.15, -0.1) is 11.3 Å². The van der Waals surface area contributed by atoms with Gasteiger partial charge in [0.2, 0.25) is 0 Å². The molecule has 0 amide bonds. The number of rotatable bonds is 6. The number of hydrogen-bond acceptors (Lipinski definition) is 3. The van der Waals surface area contributed by atoms with E-state index >= 15 is 0 Å². The predicted octanol–water partition coefficient (Wildman–Crippen LogP) is 3.83. The van der Waals surface area contributed by atoms with Gasteiger partial charge in [-0.05, 0) is 57.8 Å². The van der Waals surface area contributed by atoms with Gasteiger partial charge in [0, 0.05) is 28.4 Å². The van der Waals surface area contributed by atoms with Crippen LogP contribution in [0.15, 0.2) is 12.1 Å². The third kappa shape index (κ3) is 4.04. The SMILES string of the molecule is Cc1ccc(C(C)NCC(C(C)C)N2CCCC2)s1. The van der Waals surface area contributed by atoms with Gasteiger partial charge >= 0.3 is 0 Å². The maximum atomic E-state index is 3.74. The van der Waals surface area contributed by atoms with Gasteiger partial charge in [-0.3, -0.25) is 4.90 Å². The van der Waals surface area contributed by atoms with Crippen molar-refractivity contribution < 1.29 is 0 Å².